The molecule has 1 aromatic heterocycles. The van der Waals surface area contributed by atoms with E-state index < -0.39 is 0 Å². The van der Waals surface area contributed by atoms with Gasteiger partial charge in [-0.1, -0.05) is 13.0 Å². The number of aromatic nitrogens is 1. The van der Waals surface area contributed by atoms with Crippen molar-refractivity contribution >= 4 is 0 Å². The summed E-state index contributed by atoms with van der Waals surface area (Å²) in [7, 11) is 0. The largest absolute Gasteiger partial charge is 0.494 e. The van der Waals surface area contributed by atoms with Crippen LogP contribution in [0.1, 0.15) is 32.4 Å². The summed E-state index contributed by atoms with van der Waals surface area (Å²) in [5.74, 6) is 2.11. The summed E-state index contributed by atoms with van der Waals surface area (Å²) < 4.78 is 11.3. The highest BCUT2D eigenvalue weighted by Crippen LogP contribution is 2.25. The highest BCUT2D eigenvalue weighted by molar-refractivity contribution is 5.36. The lowest BCUT2D eigenvalue weighted by molar-refractivity contribution is 0.338. The van der Waals surface area contributed by atoms with Crippen LogP contribution in [0.4, 0.5) is 0 Å². The molecule has 0 fully saturated rings. The van der Waals surface area contributed by atoms with E-state index in [4.69, 9.17) is 9.47 Å². The molecule has 0 amide bonds. The van der Waals surface area contributed by atoms with Crippen molar-refractivity contribution in [2.75, 3.05) is 13.2 Å². The Balaban J connectivity index is 2.12. The monoisotopic (exact) mass is 286 g/mol. The minimum absolute atomic E-state index is 0.273. The molecule has 1 atom stereocenters. The second-order valence-corrected chi connectivity index (χ2v) is 4.72. The van der Waals surface area contributed by atoms with Crippen molar-refractivity contribution < 1.29 is 9.47 Å². The number of nitrogens with zero attached hydrogens (tertiary/aromatic N) is 1. The molecule has 0 radical (unpaired) electrons. The molecule has 21 heavy (non-hydrogen) atoms. The van der Waals surface area contributed by atoms with Crippen molar-refractivity contribution in [1.82, 2.24) is 10.3 Å². The molecule has 2 aromatic rings. The lowest BCUT2D eigenvalue weighted by Crippen LogP contribution is -2.17. The molecule has 4 heteroatoms. The summed E-state index contributed by atoms with van der Waals surface area (Å²) in [6, 6.07) is 11.8. The van der Waals surface area contributed by atoms with Gasteiger partial charge >= 0.3 is 0 Å². The number of ether oxygens (including phenoxy) is 2. The Morgan fingerprint density at radius 3 is 2.71 bits per heavy atom. The van der Waals surface area contributed by atoms with Crippen LogP contribution in [0.3, 0.4) is 0 Å². The molecule has 112 valence electrons. The van der Waals surface area contributed by atoms with Crippen molar-refractivity contribution in [3.63, 3.8) is 0 Å². The van der Waals surface area contributed by atoms with Crippen LogP contribution < -0.4 is 14.8 Å². The Hall–Kier alpha value is -2.07. The van der Waals surface area contributed by atoms with Crippen LogP contribution in [0.5, 0.6) is 17.4 Å². The van der Waals surface area contributed by atoms with Gasteiger partial charge in [0.2, 0.25) is 5.88 Å². The minimum Gasteiger partial charge on any atom is -0.494 e. The summed E-state index contributed by atoms with van der Waals surface area (Å²) in [5.41, 5.74) is 1.16. The van der Waals surface area contributed by atoms with Gasteiger partial charge in [0, 0.05) is 24.4 Å². The van der Waals surface area contributed by atoms with Gasteiger partial charge in [-0.2, -0.15) is 0 Å². The smallest absolute Gasteiger partial charge is 0.219 e. The van der Waals surface area contributed by atoms with Gasteiger partial charge in [0.15, 0.2) is 0 Å². The molecular weight excluding hydrogens is 264 g/mol. The molecule has 0 aliphatic rings. The maximum atomic E-state index is 5.82. The van der Waals surface area contributed by atoms with E-state index in [1.807, 2.05) is 43.3 Å². The van der Waals surface area contributed by atoms with E-state index in [0.717, 1.165) is 23.6 Å². The summed E-state index contributed by atoms with van der Waals surface area (Å²) >= 11 is 0. The van der Waals surface area contributed by atoms with Gasteiger partial charge in [-0.15, -0.1) is 0 Å². The highest BCUT2D eigenvalue weighted by atomic mass is 16.5. The average molecular weight is 286 g/mol. The zero-order chi connectivity index (χ0) is 15.1. The van der Waals surface area contributed by atoms with E-state index in [1.54, 1.807) is 6.20 Å². The number of pyridine rings is 1. The van der Waals surface area contributed by atoms with Gasteiger partial charge in [0.05, 0.1) is 6.61 Å². The van der Waals surface area contributed by atoms with Crippen LogP contribution in [0.25, 0.3) is 0 Å². The maximum Gasteiger partial charge on any atom is 0.219 e. The fourth-order valence-corrected chi connectivity index (χ4v) is 2.09. The topological polar surface area (TPSA) is 43.4 Å². The number of benzene rings is 1. The van der Waals surface area contributed by atoms with Crippen molar-refractivity contribution in [2.45, 2.75) is 26.8 Å². The van der Waals surface area contributed by atoms with Gasteiger partial charge in [0.1, 0.15) is 11.5 Å². The first-order valence-corrected chi connectivity index (χ1v) is 7.33. The molecule has 1 N–H and O–H groups in total. The van der Waals surface area contributed by atoms with E-state index in [1.165, 1.54) is 0 Å². The third-order valence-electron chi connectivity index (χ3n) is 3.11. The second-order valence-electron chi connectivity index (χ2n) is 4.72. The third-order valence-corrected chi connectivity index (χ3v) is 3.11. The summed E-state index contributed by atoms with van der Waals surface area (Å²) in [4.78, 5) is 4.26. The zero-order valence-corrected chi connectivity index (χ0v) is 12.8. The average Bonchev–Trinajstić information content (AvgIpc) is 2.48. The van der Waals surface area contributed by atoms with Crippen LogP contribution in [0.15, 0.2) is 42.6 Å². The van der Waals surface area contributed by atoms with E-state index >= 15 is 0 Å². The Labute approximate surface area is 126 Å². The molecule has 1 heterocycles. The van der Waals surface area contributed by atoms with E-state index in [0.29, 0.717) is 12.5 Å². The summed E-state index contributed by atoms with van der Waals surface area (Å²) in [6.07, 6.45) is 1.77. The van der Waals surface area contributed by atoms with Crippen LogP contribution in [-0.2, 0) is 0 Å². The Kier molecular flexibility index (Phi) is 5.58. The highest BCUT2D eigenvalue weighted by Gasteiger charge is 2.07. The number of nitrogens with one attached hydrogen (secondary N) is 1. The van der Waals surface area contributed by atoms with Gasteiger partial charge in [-0.05, 0) is 44.2 Å². The second kappa shape index (κ2) is 7.64. The number of rotatable bonds is 7. The standard InChI is InChI=1S/C17H22N2O2/c1-4-18-13(3)14-9-10-19-17(11-14)21-16-8-6-7-15(12-16)20-5-2/h6-13,18H,4-5H2,1-3H3. The van der Waals surface area contributed by atoms with Crippen molar-refractivity contribution in [2.24, 2.45) is 0 Å². The third kappa shape index (κ3) is 4.46. The Morgan fingerprint density at radius 2 is 1.95 bits per heavy atom. The first kappa shape index (κ1) is 15.3. The van der Waals surface area contributed by atoms with Crippen LogP contribution in [-0.4, -0.2) is 18.1 Å². The van der Waals surface area contributed by atoms with Crippen molar-refractivity contribution in [3.8, 4) is 17.4 Å². The van der Waals surface area contributed by atoms with Crippen molar-refractivity contribution in [1.29, 1.82) is 0 Å². The Morgan fingerprint density at radius 1 is 1.14 bits per heavy atom. The summed E-state index contributed by atoms with van der Waals surface area (Å²) in [5, 5.41) is 3.38. The molecule has 0 spiro atoms. The van der Waals surface area contributed by atoms with E-state index in [9.17, 15) is 0 Å². The molecule has 0 saturated carbocycles. The van der Waals surface area contributed by atoms with Gasteiger partial charge < -0.3 is 14.8 Å². The lowest BCUT2D eigenvalue weighted by atomic mass is 10.1. The molecule has 0 aliphatic carbocycles. The first-order valence-electron chi connectivity index (χ1n) is 7.33. The lowest BCUT2D eigenvalue weighted by Gasteiger charge is -2.13. The fourth-order valence-electron chi connectivity index (χ4n) is 2.09. The first-order chi connectivity index (χ1) is 10.2. The van der Waals surface area contributed by atoms with Gasteiger partial charge in [-0.25, -0.2) is 4.98 Å². The van der Waals surface area contributed by atoms with E-state index in [-0.39, 0.29) is 6.04 Å². The zero-order valence-electron chi connectivity index (χ0n) is 12.8. The normalized spacial score (nSPS) is 12.0. The predicted molar refractivity (Wildman–Crippen MR) is 84.0 cm³/mol. The number of hydrogen-bond donors (Lipinski definition) is 1. The van der Waals surface area contributed by atoms with Crippen LogP contribution in [0.2, 0.25) is 0 Å². The maximum absolute atomic E-state index is 5.82. The van der Waals surface area contributed by atoms with Crippen molar-refractivity contribution in [3.05, 3.63) is 48.2 Å². The van der Waals surface area contributed by atoms with Gasteiger partial charge in [-0.3, -0.25) is 0 Å². The molecule has 0 saturated heterocycles. The predicted octanol–water partition coefficient (Wildman–Crippen LogP) is 3.94. The quantitative estimate of drug-likeness (QED) is 0.837. The molecule has 1 unspecified atom stereocenters. The molecule has 0 bridgehead atoms. The molecule has 1 aromatic carbocycles. The van der Waals surface area contributed by atoms with Crippen LogP contribution in [0, 0.1) is 0 Å². The van der Waals surface area contributed by atoms with E-state index in [2.05, 4.69) is 24.1 Å². The molecule has 4 nitrogen and oxygen atoms in total. The SMILES string of the molecule is CCNC(C)c1ccnc(Oc2cccc(OCC)c2)c1. The summed E-state index contributed by atoms with van der Waals surface area (Å²) in [6.45, 7) is 7.74. The van der Waals surface area contributed by atoms with Crippen LogP contribution >= 0.6 is 0 Å². The minimum atomic E-state index is 0.273. The molecule has 2 rings (SSSR count). The van der Waals surface area contributed by atoms with Gasteiger partial charge in [0.25, 0.3) is 0 Å². The Bertz CT molecular complexity index is 572. The molecular formula is C17H22N2O2. The molecule has 0 aliphatic heterocycles. The fraction of sp³-hybridized carbons (Fsp3) is 0.353. The number of hydrogen-bond acceptors (Lipinski definition) is 4.